The Morgan fingerprint density at radius 2 is 2.24 bits per heavy atom. The molecule has 0 amide bonds. The number of hydrogen-bond donors (Lipinski definition) is 0. The first-order chi connectivity index (χ1) is 8.20. The molecule has 1 heterocycles. The lowest BCUT2D eigenvalue weighted by atomic mass is 10.0. The summed E-state index contributed by atoms with van der Waals surface area (Å²) in [7, 11) is 1.61. The van der Waals surface area contributed by atoms with Gasteiger partial charge in [0.2, 0.25) is 0 Å². The lowest BCUT2D eigenvalue weighted by Crippen LogP contribution is -2.03. The molecule has 0 saturated heterocycles. The maximum atomic E-state index is 12.0. The van der Waals surface area contributed by atoms with Crippen molar-refractivity contribution < 1.29 is 9.53 Å². The number of carbonyl (C=O) groups excluding carboxylic acids is 1. The molecular formula is C13H11BrO2S. The topological polar surface area (TPSA) is 26.3 Å². The monoisotopic (exact) mass is 310 g/mol. The van der Waals surface area contributed by atoms with Gasteiger partial charge in [-0.1, -0.05) is 15.9 Å². The summed E-state index contributed by atoms with van der Waals surface area (Å²) in [6.07, 6.45) is 0.360. The fraction of sp³-hybridized carbons (Fsp3) is 0.154. The van der Waals surface area contributed by atoms with E-state index in [2.05, 4.69) is 15.9 Å². The van der Waals surface area contributed by atoms with Gasteiger partial charge in [-0.3, -0.25) is 4.79 Å². The Kier molecular flexibility index (Phi) is 3.97. The Morgan fingerprint density at radius 1 is 1.41 bits per heavy atom. The first-order valence-electron chi connectivity index (χ1n) is 5.08. The van der Waals surface area contributed by atoms with Crippen LogP contribution in [0.25, 0.3) is 0 Å². The predicted molar refractivity (Wildman–Crippen MR) is 73.0 cm³/mol. The van der Waals surface area contributed by atoms with Crippen molar-refractivity contribution in [2.45, 2.75) is 6.42 Å². The van der Waals surface area contributed by atoms with Crippen LogP contribution in [0.15, 0.2) is 39.5 Å². The fourth-order valence-corrected chi connectivity index (χ4v) is 2.65. The number of carbonyl (C=O) groups is 1. The van der Waals surface area contributed by atoms with E-state index in [0.717, 1.165) is 21.3 Å². The summed E-state index contributed by atoms with van der Waals surface area (Å²) in [6.45, 7) is 0. The predicted octanol–water partition coefficient (Wildman–Crippen LogP) is 3.94. The average Bonchev–Trinajstić information content (AvgIpc) is 2.83. The van der Waals surface area contributed by atoms with Crippen LogP contribution in [0.1, 0.15) is 15.9 Å². The zero-order valence-corrected chi connectivity index (χ0v) is 11.7. The van der Waals surface area contributed by atoms with E-state index in [0.29, 0.717) is 6.42 Å². The number of hydrogen-bond acceptors (Lipinski definition) is 3. The second-order valence-corrected chi connectivity index (χ2v) is 5.26. The van der Waals surface area contributed by atoms with Crippen molar-refractivity contribution in [1.29, 1.82) is 0 Å². The standard InChI is InChI=1S/C13H11BrO2S/c1-16-13-3-2-11(14)6-10(13)7-12(15)9-4-5-17-8-9/h2-6,8H,7H2,1H3. The molecule has 0 fully saturated rings. The number of ketones is 1. The van der Waals surface area contributed by atoms with Crippen LogP contribution in [0.3, 0.4) is 0 Å². The number of benzene rings is 1. The highest BCUT2D eigenvalue weighted by Crippen LogP contribution is 2.24. The molecule has 1 aromatic heterocycles. The molecule has 2 rings (SSSR count). The van der Waals surface area contributed by atoms with Gasteiger partial charge < -0.3 is 4.74 Å². The summed E-state index contributed by atoms with van der Waals surface area (Å²) in [6, 6.07) is 7.53. The van der Waals surface area contributed by atoms with Crippen molar-refractivity contribution in [1.82, 2.24) is 0 Å². The van der Waals surface area contributed by atoms with Crippen molar-refractivity contribution in [3.63, 3.8) is 0 Å². The van der Waals surface area contributed by atoms with Gasteiger partial charge in [-0.15, -0.1) is 0 Å². The third-order valence-electron chi connectivity index (χ3n) is 2.44. The Morgan fingerprint density at radius 3 is 2.88 bits per heavy atom. The minimum absolute atomic E-state index is 0.114. The number of ether oxygens (including phenoxy) is 1. The van der Waals surface area contributed by atoms with E-state index in [4.69, 9.17) is 4.74 Å². The highest BCUT2D eigenvalue weighted by Gasteiger charge is 2.11. The van der Waals surface area contributed by atoms with Crippen LogP contribution in [-0.4, -0.2) is 12.9 Å². The summed E-state index contributed by atoms with van der Waals surface area (Å²) in [5.74, 6) is 0.861. The zero-order valence-electron chi connectivity index (χ0n) is 9.27. The summed E-state index contributed by atoms with van der Waals surface area (Å²) >= 11 is 4.93. The first-order valence-corrected chi connectivity index (χ1v) is 6.82. The van der Waals surface area contributed by atoms with Crippen LogP contribution < -0.4 is 4.74 Å². The third-order valence-corrected chi connectivity index (χ3v) is 3.61. The molecule has 0 atom stereocenters. The molecule has 0 radical (unpaired) electrons. The van der Waals surface area contributed by atoms with Gasteiger partial charge in [0.25, 0.3) is 0 Å². The van der Waals surface area contributed by atoms with Crippen LogP contribution in [0, 0.1) is 0 Å². The van der Waals surface area contributed by atoms with E-state index in [9.17, 15) is 4.79 Å². The smallest absolute Gasteiger partial charge is 0.168 e. The van der Waals surface area contributed by atoms with Gasteiger partial charge in [0, 0.05) is 27.4 Å². The van der Waals surface area contributed by atoms with Crippen molar-refractivity contribution in [3.05, 3.63) is 50.6 Å². The molecule has 17 heavy (non-hydrogen) atoms. The minimum Gasteiger partial charge on any atom is -0.496 e. The van der Waals surface area contributed by atoms with Crippen LogP contribution in [-0.2, 0) is 6.42 Å². The first kappa shape index (κ1) is 12.3. The van der Waals surface area contributed by atoms with E-state index in [1.165, 1.54) is 11.3 Å². The molecule has 0 N–H and O–H groups in total. The number of rotatable bonds is 4. The van der Waals surface area contributed by atoms with Crippen molar-refractivity contribution >= 4 is 33.0 Å². The van der Waals surface area contributed by atoms with E-state index >= 15 is 0 Å². The summed E-state index contributed by atoms with van der Waals surface area (Å²) in [5.41, 5.74) is 1.66. The van der Waals surface area contributed by atoms with Gasteiger partial charge in [-0.2, -0.15) is 11.3 Å². The summed E-state index contributed by atoms with van der Waals surface area (Å²) in [5, 5.41) is 3.78. The SMILES string of the molecule is COc1ccc(Br)cc1CC(=O)c1ccsc1. The Bertz CT molecular complexity index is 520. The van der Waals surface area contributed by atoms with Crippen LogP contribution in [0.2, 0.25) is 0 Å². The van der Waals surface area contributed by atoms with E-state index in [1.54, 1.807) is 7.11 Å². The van der Waals surface area contributed by atoms with Crippen LogP contribution in [0.5, 0.6) is 5.75 Å². The van der Waals surface area contributed by atoms with Gasteiger partial charge in [0.15, 0.2) is 5.78 Å². The van der Waals surface area contributed by atoms with E-state index in [1.807, 2.05) is 35.0 Å². The maximum absolute atomic E-state index is 12.0. The minimum atomic E-state index is 0.114. The zero-order chi connectivity index (χ0) is 12.3. The molecule has 0 bridgehead atoms. The van der Waals surface area contributed by atoms with Gasteiger partial charge in [0.1, 0.15) is 5.75 Å². The number of halogens is 1. The molecule has 0 aliphatic carbocycles. The largest absolute Gasteiger partial charge is 0.496 e. The fourth-order valence-electron chi connectivity index (χ4n) is 1.58. The highest BCUT2D eigenvalue weighted by molar-refractivity contribution is 9.10. The summed E-state index contributed by atoms with van der Waals surface area (Å²) < 4.78 is 6.20. The number of thiophene rings is 1. The molecule has 1 aromatic carbocycles. The average molecular weight is 311 g/mol. The molecule has 0 spiro atoms. The lowest BCUT2D eigenvalue weighted by molar-refractivity contribution is 0.0992. The van der Waals surface area contributed by atoms with Gasteiger partial charge in [-0.25, -0.2) is 0 Å². The molecule has 0 saturated carbocycles. The highest BCUT2D eigenvalue weighted by atomic mass is 79.9. The van der Waals surface area contributed by atoms with Gasteiger partial charge in [0.05, 0.1) is 7.11 Å². The van der Waals surface area contributed by atoms with Crippen LogP contribution >= 0.6 is 27.3 Å². The van der Waals surface area contributed by atoms with Gasteiger partial charge in [-0.05, 0) is 29.6 Å². The lowest BCUT2D eigenvalue weighted by Gasteiger charge is -2.07. The second-order valence-electron chi connectivity index (χ2n) is 3.57. The third kappa shape index (κ3) is 2.96. The molecule has 2 nitrogen and oxygen atoms in total. The molecule has 4 heteroatoms. The maximum Gasteiger partial charge on any atom is 0.168 e. The van der Waals surface area contributed by atoms with Gasteiger partial charge >= 0.3 is 0 Å². The van der Waals surface area contributed by atoms with E-state index < -0.39 is 0 Å². The second kappa shape index (κ2) is 5.47. The normalized spacial score (nSPS) is 10.2. The Hall–Kier alpha value is -1.13. The molecule has 0 unspecified atom stereocenters. The van der Waals surface area contributed by atoms with E-state index in [-0.39, 0.29) is 5.78 Å². The molecule has 2 aromatic rings. The molecule has 0 aliphatic heterocycles. The number of methoxy groups -OCH3 is 1. The Balaban J connectivity index is 2.23. The molecular weight excluding hydrogens is 300 g/mol. The van der Waals surface area contributed by atoms with Crippen LogP contribution in [0.4, 0.5) is 0 Å². The number of Topliss-reactive ketones (excluding diaryl/α,β-unsaturated/α-hetero) is 1. The van der Waals surface area contributed by atoms with Crippen molar-refractivity contribution in [2.75, 3.05) is 7.11 Å². The quantitative estimate of drug-likeness (QED) is 0.799. The Labute approximate surface area is 112 Å². The molecule has 0 aliphatic rings. The van der Waals surface area contributed by atoms with Crippen molar-refractivity contribution in [2.24, 2.45) is 0 Å². The summed E-state index contributed by atoms with van der Waals surface area (Å²) in [4.78, 5) is 12.0. The van der Waals surface area contributed by atoms with Crippen molar-refractivity contribution in [3.8, 4) is 5.75 Å². The molecule has 88 valence electrons.